The molecule has 5 nitrogen and oxygen atoms in total. The summed E-state index contributed by atoms with van der Waals surface area (Å²) < 4.78 is 18.0. The van der Waals surface area contributed by atoms with Crippen LogP contribution in [0.25, 0.3) is 0 Å². The molecule has 60 valence electrons. The average molecular weight is 167 g/mol. The Balaban J connectivity index is 3.49. The average Bonchev–Trinajstić information content (AvgIpc) is 1.82. The SMILES string of the molecule is CC(=O)C(C)ONS(=O)O. The van der Waals surface area contributed by atoms with E-state index in [1.807, 2.05) is 0 Å². The Bertz CT molecular complexity index is 148. The number of carbonyl (C=O) groups excluding carboxylic acids is 1. The van der Waals surface area contributed by atoms with Gasteiger partial charge in [-0.1, -0.05) is 4.89 Å². The van der Waals surface area contributed by atoms with Crippen molar-refractivity contribution in [1.82, 2.24) is 4.89 Å². The van der Waals surface area contributed by atoms with E-state index in [-0.39, 0.29) is 5.78 Å². The summed E-state index contributed by atoms with van der Waals surface area (Å²) in [6.07, 6.45) is -0.698. The van der Waals surface area contributed by atoms with Crippen molar-refractivity contribution in [3.63, 3.8) is 0 Å². The number of rotatable bonds is 4. The maximum atomic E-state index is 10.4. The number of carbonyl (C=O) groups is 1. The van der Waals surface area contributed by atoms with E-state index >= 15 is 0 Å². The second-order valence-electron chi connectivity index (χ2n) is 1.70. The smallest absolute Gasteiger partial charge is 0.256 e. The van der Waals surface area contributed by atoms with E-state index in [2.05, 4.69) is 4.84 Å². The highest BCUT2D eigenvalue weighted by atomic mass is 32.2. The van der Waals surface area contributed by atoms with Crippen molar-refractivity contribution in [3.05, 3.63) is 0 Å². The Hall–Kier alpha value is -0.300. The molecule has 0 fully saturated rings. The Morgan fingerprint density at radius 2 is 2.30 bits per heavy atom. The predicted octanol–water partition coefficient (Wildman–Crippen LogP) is -0.378. The molecule has 0 saturated carbocycles. The summed E-state index contributed by atoms with van der Waals surface area (Å²) in [7, 11) is 0. The lowest BCUT2D eigenvalue weighted by atomic mass is 10.3. The highest BCUT2D eigenvalue weighted by molar-refractivity contribution is 7.76. The van der Waals surface area contributed by atoms with Gasteiger partial charge >= 0.3 is 0 Å². The van der Waals surface area contributed by atoms with E-state index < -0.39 is 17.4 Å². The molecule has 0 aromatic carbocycles. The summed E-state index contributed by atoms with van der Waals surface area (Å²) in [5.41, 5.74) is 0. The van der Waals surface area contributed by atoms with Crippen LogP contribution in [-0.2, 0) is 20.9 Å². The number of hydrogen-bond acceptors (Lipinski definition) is 3. The van der Waals surface area contributed by atoms with Crippen molar-refractivity contribution in [3.8, 4) is 0 Å². The fourth-order valence-corrected chi connectivity index (χ4v) is 0.423. The molecular weight excluding hydrogens is 158 g/mol. The number of nitrogens with one attached hydrogen (secondary N) is 1. The van der Waals surface area contributed by atoms with E-state index in [4.69, 9.17) is 4.55 Å². The molecule has 0 saturated heterocycles. The van der Waals surface area contributed by atoms with E-state index in [9.17, 15) is 9.00 Å². The lowest BCUT2D eigenvalue weighted by Crippen LogP contribution is -2.27. The minimum Gasteiger partial charge on any atom is -0.297 e. The lowest BCUT2D eigenvalue weighted by Gasteiger charge is -2.05. The fraction of sp³-hybridized carbons (Fsp3) is 0.750. The van der Waals surface area contributed by atoms with Gasteiger partial charge in [-0.2, -0.15) is 0 Å². The first-order chi connectivity index (χ1) is 4.54. The Morgan fingerprint density at radius 1 is 1.80 bits per heavy atom. The molecule has 0 heterocycles. The first-order valence-corrected chi connectivity index (χ1v) is 3.67. The van der Waals surface area contributed by atoms with Crippen molar-refractivity contribution in [2.45, 2.75) is 20.0 Å². The molecular formula is C4H9NO4S. The molecule has 0 radical (unpaired) electrons. The normalized spacial score (nSPS) is 16.3. The van der Waals surface area contributed by atoms with Gasteiger partial charge in [0.2, 0.25) is 0 Å². The van der Waals surface area contributed by atoms with Crippen LogP contribution in [0.1, 0.15) is 13.8 Å². The van der Waals surface area contributed by atoms with Gasteiger partial charge in [0.1, 0.15) is 6.10 Å². The third-order valence-electron chi connectivity index (χ3n) is 0.869. The molecule has 6 heteroatoms. The van der Waals surface area contributed by atoms with Crippen LogP contribution in [0, 0.1) is 0 Å². The van der Waals surface area contributed by atoms with Crippen LogP contribution in [0.15, 0.2) is 0 Å². The molecule has 0 amide bonds. The third-order valence-corrected chi connectivity index (χ3v) is 1.11. The van der Waals surface area contributed by atoms with E-state index in [1.165, 1.54) is 13.8 Å². The zero-order valence-corrected chi connectivity index (χ0v) is 6.47. The lowest BCUT2D eigenvalue weighted by molar-refractivity contribution is -0.129. The molecule has 0 aromatic heterocycles. The number of hydrogen-bond donors (Lipinski definition) is 2. The molecule has 0 spiro atoms. The monoisotopic (exact) mass is 167 g/mol. The second-order valence-corrected chi connectivity index (χ2v) is 2.37. The summed E-state index contributed by atoms with van der Waals surface area (Å²) in [5, 5.41) is 0. The van der Waals surface area contributed by atoms with Crippen molar-refractivity contribution in [1.29, 1.82) is 0 Å². The van der Waals surface area contributed by atoms with Gasteiger partial charge < -0.3 is 0 Å². The number of ketones is 1. The van der Waals surface area contributed by atoms with Crippen LogP contribution in [0.4, 0.5) is 0 Å². The van der Waals surface area contributed by atoms with Crippen molar-refractivity contribution < 1.29 is 18.4 Å². The highest BCUT2D eigenvalue weighted by Gasteiger charge is 2.07. The Morgan fingerprint density at radius 3 is 2.60 bits per heavy atom. The van der Waals surface area contributed by atoms with Gasteiger partial charge in [0.05, 0.1) is 0 Å². The first kappa shape index (κ1) is 9.70. The largest absolute Gasteiger partial charge is 0.297 e. The fourth-order valence-electron chi connectivity index (χ4n) is 0.196. The van der Waals surface area contributed by atoms with Crippen LogP contribution < -0.4 is 4.89 Å². The van der Waals surface area contributed by atoms with Crippen molar-refractivity contribution in [2.24, 2.45) is 0 Å². The molecule has 0 aliphatic heterocycles. The molecule has 10 heavy (non-hydrogen) atoms. The van der Waals surface area contributed by atoms with Gasteiger partial charge in [0, 0.05) is 0 Å². The third kappa shape index (κ3) is 4.57. The molecule has 0 aromatic rings. The van der Waals surface area contributed by atoms with Gasteiger partial charge in [0.25, 0.3) is 11.3 Å². The molecule has 0 rings (SSSR count). The van der Waals surface area contributed by atoms with Crippen LogP contribution in [0.2, 0.25) is 0 Å². The van der Waals surface area contributed by atoms with Crippen molar-refractivity contribution >= 4 is 17.0 Å². The molecule has 2 N–H and O–H groups in total. The molecule has 2 unspecified atom stereocenters. The van der Waals surface area contributed by atoms with Crippen LogP contribution >= 0.6 is 0 Å². The van der Waals surface area contributed by atoms with Crippen molar-refractivity contribution in [2.75, 3.05) is 0 Å². The van der Waals surface area contributed by atoms with E-state index in [0.717, 1.165) is 0 Å². The summed E-state index contributed by atoms with van der Waals surface area (Å²) in [6, 6.07) is 0. The zero-order valence-electron chi connectivity index (χ0n) is 5.66. The van der Waals surface area contributed by atoms with E-state index in [1.54, 1.807) is 4.89 Å². The summed E-state index contributed by atoms with van der Waals surface area (Å²) >= 11 is -2.23. The Labute approximate surface area is 61.1 Å². The minimum absolute atomic E-state index is 0.210. The molecule has 0 bridgehead atoms. The van der Waals surface area contributed by atoms with Gasteiger partial charge in [-0.05, 0) is 13.8 Å². The van der Waals surface area contributed by atoms with Crippen LogP contribution in [0.5, 0.6) is 0 Å². The van der Waals surface area contributed by atoms with E-state index in [0.29, 0.717) is 0 Å². The minimum atomic E-state index is -2.23. The van der Waals surface area contributed by atoms with Gasteiger partial charge in [-0.15, -0.1) is 0 Å². The molecule has 0 aliphatic rings. The van der Waals surface area contributed by atoms with Crippen LogP contribution in [-0.4, -0.2) is 20.6 Å². The maximum absolute atomic E-state index is 10.4. The summed E-state index contributed by atoms with van der Waals surface area (Å²) in [6.45, 7) is 2.80. The molecule has 0 aliphatic carbocycles. The topological polar surface area (TPSA) is 75.6 Å². The maximum Gasteiger partial charge on any atom is 0.256 e. The second kappa shape index (κ2) is 4.51. The predicted molar refractivity (Wildman–Crippen MR) is 35.1 cm³/mol. The Kier molecular flexibility index (Phi) is 4.37. The van der Waals surface area contributed by atoms with Gasteiger partial charge in [-0.25, -0.2) is 4.21 Å². The quantitative estimate of drug-likeness (QED) is 0.442. The molecule has 2 atom stereocenters. The summed E-state index contributed by atoms with van der Waals surface area (Å²) in [5.74, 6) is -0.210. The first-order valence-electron chi connectivity index (χ1n) is 2.56. The standard InChI is InChI=1S/C4H9NO4S/c1-3(6)4(2)9-5-10(7)8/h4-5H,1-2H3,(H,7,8). The van der Waals surface area contributed by atoms with Crippen LogP contribution in [0.3, 0.4) is 0 Å². The zero-order chi connectivity index (χ0) is 8.15. The number of Topliss-reactive ketones (excluding diaryl/α,β-unsaturated/α-hetero) is 1. The highest BCUT2D eigenvalue weighted by Crippen LogP contribution is 1.87. The van der Waals surface area contributed by atoms with Gasteiger partial charge in [-0.3, -0.25) is 14.2 Å². The van der Waals surface area contributed by atoms with Gasteiger partial charge in [0.15, 0.2) is 5.78 Å². The summed E-state index contributed by atoms with van der Waals surface area (Å²) in [4.78, 5) is 16.6.